The van der Waals surface area contributed by atoms with Gasteiger partial charge in [-0.2, -0.15) is 0 Å². The first-order valence-electron chi connectivity index (χ1n) is 5.52. The lowest BCUT2D eigenvalue weighted by Crippen LogP contribution is -2.50. The quantitative estimate of drug-likeness (QED) is 0.563. The minimum absolute atomic E-state index is 0.297. The minimum atomic E-state index is -0.429. The third-order valence-corrected chi connectivity index (χ3v) is 3.14. The lowest BCUT2D eigenvalue weighted by molar-refractivity contribution is -0.512. The minimum Gasteiger partial charge on any atom is -0.344 e. The Bertz CT molecular complexity index is 193. The van der Waals surface area contributed by atoms with Crippen LogP contribution in [0, 0.1) is 5.92 Å². The van der Waals surface area contributed by atoms with Gasteiger partial charge in [0.2, 0.25) is 5.79 Å². The molecular formula is C11H20O3. The molecule has 2 fully saturated rings. The zero-order valence-corrected chi connectivity index (χ0v) is 9.34. The molecule has 0 radical (unpaired) electrons. The second kappa shape index (κ2) is 3.47. The molecule has 0 bridgehead atoms. The van der Waals surface area contributed by atoms with Crippen LogP contribution in [0.3, 0.4) is 0 Å². The molecule has 1 spiro atoms. The van der Waals surface area contributed by atoms with Gasteiger partial charge in [-0.25, -0.2) is 9.78 Å². The molecule has 3 heteroatoms. The number of hydrogen-bond acceptors (Lipinski definition) is 3. The molecule has 1 heterocycles. The van der Waals surface area contributed by atoms with E-state index < -0.39 is 5.79 Å². The third kappa shape index (κ3) is 2.10. The van der Waals surface area contributed by atoms with E-state index in [0.717, 1.165) is 18.8 Å². The molecule has 0 aromatic heterocycles. The first kappa shape index (κ1) is 10.4. The number of rotatable bonds is 0. The van der Waals surface area contributed by atoms with Crippen molar-refractivity contribution in [2.75, 3.05) is 6.61 Å². The molecular weight excluding hydrogens is 180 g/mol. The first-order chi connectivity index (χ1) is 6.52. The third-order valence-electron chi connectivity index (χ3n) is 3.14. The molecule has 0 unspecified atom stereocenters. The second-order valence-corrected chi connectivity index (χ2v) is 5.31. The monoisotopic (exact) mass is 200 g/mol. The summed E-state index contributed by atoms with van der Waals surface area (Å²) in [5.41, 5.74) is -0.297. The van der Waals surface area contributed by atoms with E-state index in [-0.39, 0.29) is 5.60 Å². The molecule has 1 saturated carbocycles. The smallest absolute Gasteiger partial charge is 0.201 e. The van der Waals surface area contributed by atoms with Gasteiger partial charge in [0.05, 0.1) is 6.61 Å². The van der Waals surface area contributed by atoms with Crippen LogP contribution in [0.1, 0.15) is 46.5 Å². The maximum Gasteiger partial charge on any atom is 0.201 e. The van der Waals surface area contributed by atoms with Gasteiger partial charge in [0.1, 0.15) is 5.60 Å². The standard InChI is InChI=1S/C11H20O3/c1-9-4-6-11(7-5-9)12-8-10(2,3)13-14-11/h9H,4-8H2,1-3H3. The van der Waals surface area contributed by atoms with Crippen molar-refractivity contribution in [1.82, 2.24) is 0 Å². The van der Waals surface area contributed by atoms with E-state index in [1.54, 1.807) is 0 Å². The van der Waals surface area contributed by atoms with E-state index >= 15 is 0 Å². The summed E-state index contributed by atoms with van der Waals surface area (Å²) < 4.78 is 5.82. The Hall–Kier alpha value is -0.120. The Morgan fingerprint density at radius 2 is 1.71 bits per heavy atom. The maximum atomic E-state index is 5.82. The van der Waals surface area contributed by atoms with E-state index in [1.165, 1.54) is 12.8 Å². The van der Waals surface area contributed by atoms with Gasteiger partial charge >= 0.3 is 0 Å². The van der Waals surface area contributed by atoms with Gasteiger partial charge in [0, 0.05) is 12.8 Å². The Balaban J connectivity index is 1.93. The fourth-order valence-electron chi connectivity index (χ4n) is 1.97. The highest BCUT2D eigenvalue weighted by Gasteiger charge is 2.44. The molecule has 3 nitrogen and oxygen atoms in total. The Kier molecular flexibility index (Phi) is 2.58. The molecule has 2 aliphatic rings. The van der Waals surface area contributed by atoms with Crippen molar-refractivity contribution in [2.24, 2.45) is 5.92 Å². The van der Waals surface area contributed by atoms with Gasteiger partial charge in [-0.15, -0.1) is 0 Å². The van der Waals surface area contributed by atoms with Crippen LogP contribution in [0.25, 0.3) is 0 Å². The summed E-state index contributed by atoms with van der Waals surface area (Å²) in [6.07, 6.45) is 4.27. The number of ether oxygens (including phenoxy) is 1. The topological polar surface area (TPSA) is 27.7 Å². The Morgan fingerprint density at radius 1 is 1.07 bits per heavy atom. The molecule has 1 saturated heterocycles. The Labute approximate surface area is 85.6 Å². The van der Waals surface area contributed by atoms with Crippen molar-refractivity contribution in [3.63, 3.8) is 0 Å². The van der Waals surface area contributed by atoms with E-state index in [4.69, 9.17) is 14.5 Å². The fraction of sp³-hybridized carbons (Fsp3) is 1.00. The SMILES string of the molecule is CC1CCC2(CC1)OCC(C)(C)OO2. The molecule has 1 aliphatic carbocycles. The van der Waals surface area contributed by atoms with E-state index in [2.05, 4.69) is 6.92 Å². The lowest BCUT2D eigenvalue weighted by Gasteiger charge is -2.44. The largest absolute Gasteiger partial charge is 0.344 e. The van der Waals surface area contributed by atoms with Crippen LogP contribution in [-0.2, 0) is 14.5 Å². The summed E-state index contributed by atoms with van der Waals surface area (Å²) in [7, 11) is 0. The zero-order chi connectivity index (χ0) is 10.2. The van der Waals surface area contributed by atoms with Crippen molar-refractivity contribution >= 4 is 0 Å². The highest BCUT2D eigenvalue weighted by atomic mass is 17.2. The van der Waals surface area contributed by atoms with Crippen molar-refractivity contribution in [3.05, 3.63) is 0 Å². The molecule has 0 aromatic rings. The van der Waals surface area contributed by atoms with Gasteiger partial charge in [-0.05, 0) is 32.6 Å². The van der Waals surface area contributed by atoms with Crippen molar-refractivity contribution in [1.29, 1.82) is 0 Å². The first-order valence-corrected chi connectivity index (χ1v) is 5.52. The van der Waals surface area contributed by atoms with Crippen LogP contribution >= 0.6 is 0 Å². The molecule has 82 valence electrons. The second-order valence-electron chi connectivity index (χ2n) is 5.31. The van der Waals surface area contributed by atoms with Gasteiger partial charge < -0.3 is 4.74 Å². The van der Waals surface area contributed by atoms with Crippen LogP contribution in [0.4, 0.5) is 0 Å². The van der Waals surface area contributed by atoms with E-state index in [9.17, 15) is 0 Å². The predicted molar refractivity (Wildman–Crippen MR) is 52.6 cm³/mol. The highest BCUT2D eigenvalue weighted by Crippen LogP contribution is 2.39. The van der Waals surface area contributed by atoms with Gasteiger partial charge in [-0.3, -0.25) is 0 Å². The van der Waals surface area contributed by atoms with Gasteiger partial charge in [-0.1, -0.05) is 6.92 Å². The van der Waals surface area contributed by atoms with Crippen LogP contribution in [0.15, 0.2) is 0 Å². The van der Waals surface area contributed by atoms with E-state index in [1.807, 2.05) is 13.8 Å². The fourth-order valence-corrected chi connectivity index (χ4v) is 1.97. The normalized spacial score (nSPS) is 42.6. The van der Waals surface area contributed by atoms with Crippen LogP contribution in [0.2, 0.25) is 0 Å². The summed E-state index contributed by atoms with van der Waals surface area (Å²) >= 11 is 0. The molecule has 14 heavy (non-hydrogen) atoms. The van der Waals surface area contributed by atoms with Crippen molar-refractivity contribution in [2.45, 2.75) is 57.8 Å². The molecule has 0 N–H and O–H groups in total. The average Bonchev–Trinajstić information content (AvgIpc) is 2.16. The summed E-state index contributed by atoms with van der Waals surface area (Å²) in [5, 5.41) is 0. The summed E-state index contributed by atoms with van der Waals surface area (Å²) in [6.45, 7) is 6.86. The molecule has 0 atom stereocenters. The van der Waals surface area contributed by atoms with Crippen LogP contribution in [-0.4, -0.2) is 18.0 Å². The number of hydrogen-bond donors (Lipinski definition) is 0. The van der Waals surface area contributed by atoms with Crippen molar-refractivity contribution in [3.8, 4) is 0 Å². The molecule has 1 aliphatic heterocycles. The lowest BCUT2D eigenvalue weighted by atomic mass is 9.86. The molecule has 2 rings (SSSR count). The Morgan fingerprint density at radius 3 is 2.21 bits per heavy atom. The zero-order valence-electron chi connectivity index (χ0n) is 9.34. The average molecular weight is 200 g/mol. The van der Waals surface area contributed by atoms with Crippen LogP contribution < -0.4 is 0 Å². The maximum absolute atomic E-state index is 5.82. The predicted octanol–water partition coefficient (Wildman–Crippen LogP) is 2.65. The van der Waals surface area contributed by atoms with E-state index in [0.29, 0.717) is 6.61 Å². The summed E-state index contributed by atoms with van der Waals surface area (Å²) in [4.78, 5) is 10.8. The highest BCUT2D eigenvalue weighted by molar-refractivity contribution is 4.81. The summed E-state index contributed by atoms with van der Waals surface area (Å²) in [5.74, 6) is 0.366. The molecule has 0 amide bonds. The van der Waals surface area contributed by atoms with Gasteiger partial charge in [0.15, 0.2) is 0 Å². The van der Waals surface area contributed by atoms with Crippen molar-refractivity contribution < 1.29 is 14.5 Å². The van der Waals surface area contributed by atoms with Crippen LogP contribution in [0.5, 0.6) is 0 Å². The summed E-state index contributed by atoms with van der Waals surface area (Å²) in [6, 6.07) is 0. The molecule has 0 aromatic carbocycles. The van der Waals surface area contributed by atoms with Gasteiger partial charge in [0.25, 0.3) is 0 Å².